The zero-order chi connectivity index (χ0) is 12.6. The van der Waals surface area contributed by atoms with Gasteiger partial charge in [0, 0.05) is 5.56 Å². The van der Waals surface area contributed by atoms with Gasteiger partial charge in [-0.2, -0.15) is 0 Å². The zero-order valence-electron chi connectivity index (χ0n) is 10.5. The van der Waals surface area contributed by atoms with Gasteiger partial charge in [-0.1, -0.05) is 22.9 Å². The van der Waals surface area contributed by atoms with Crippen LogP contribution in [0.3, 0.4) is 0 Å². The van der Waals surface area contributed by atoms with Gasteiger partial charge in [-0.15, -0.1) is 0 Å². The van der Waals surface area contributed by atoms with Crippen LogP contribution in [0.1, 0.15) is 34.0 Å². The highest BCUT2D eigenvalue weighted by Gasteiger charge is 2.18. The molecule has 1 aromatic carbocycles. The fourth-order valence-electron chi connectivity index (χ4n) is 2.21. The Labute approximate surface area is 100 Å². The molecule has 0 aliphatic heterocycles. The number of hydrogen-bond acceptors (Lipinski definition) is 3. The molecule has 0 aliphatic rings. The van der Waals surface area contributed by atoms with Crippen LogP contribution in [0.4, 0.5) is 0 Å². The van der Waals surface area contributed by atoms with Crippen molar-refractivity contribution in [2.45, 2.75) is 27.7 Å². The number of ketones is 1. The molecule has 0 fully saturated rings. The van der Waals surface area contributed by atoms with Gasteiger partial charge in [0.2, 0.25) is 0 Å². The van der Waals surface area contributed by atoms with Crippen LogP contribution >= 0.6 is 0 Å². The summed E-state index contributed by atoms with van der Waals surface area (Å²) in [6, 6.07) is 4.16. The molecule has 0 spiro atoms. The minimum atomic E-state index is -0.0272. The highest BCUT2D eigenvalue weighted by atomic mass is 16.5. The Morgan fingerprint density at radius 2 is 1.76 bits per heavy atom. The number of carbonyl (C=O) groups excluding carboxylic acids is 1. The Kier molecular flexibility index (Phi) is 2.84. The van der Waals surface area contributed by atoms with E-state index in [2.05, 4.69) is 24.2 Å². The molecule has 0 atom stereocenters. The van der Waals surface area contributed by atoms with E-state index in [1.54, 1.807) is 0 Å². The highest BCUT2D eigenvalue weighted by molar-refractivity contribution is 5.99. The first-order valence-corrected chi connectivity index (χ1v) is 5.54. The number of hydrogen-bond donors (Lipinski definition) is 0. The van der Waals surface area contributed by atoms with Crippen molar-refractivity contribution in [2.24, 2.45) is 0 Å². The van der Waals surface area contributed by atoms with Gasteiger partial charge in [0.15, 0.2) is 11.5 Å². The maximum atomic E-state index is 11.5. The van der Waals surface area contributed by atoms with Crippen LogP contribution in [-0.4, -0.2) is 10.9 Å². The van der Waals surface area contributed by atoms with Gasteiger partial charge < -0.3 is 4.52 Å². The Hall–Kier alpha value is -1.90. The molecule has 88 valence electrons. The SMILES string of the molecule is CC(=O)c1cnoc1-c1c(C)cc(C)cc1C. The predicted octanol–water partition coefficient (Wildman–Crippen LogP) is 3.47. The van der Waals surface area contributed by atoms with E-state index in [0.29, 0.717) is 11.3 Å². The predicted molar refractivity (Wildman–Crippen MR) is 66.2 cm³/mol. The third kappa shape index (κ3) is 2.00. The van der Waals surface area contributed by atoms with E-state index in [-0.39, 0.29) is 5.78 Å². The van der Waals surface area contributed by atoms with Crippen molar-refractivity contribution < 1.29 is 9.32 Å². The summed E-state index contributed by atoms with van der Waals surface area (Å²) in [4.78, 5) is 11.5. The molecule has 0 saturated heterocycles. The summed E-state index contributed by atoms with van der Waals surface area (Å²) in [5.41, 5.74) is 4.91. The van der Waals surface area contributed by atoms with Crippen LogP contribution in [-0.2, 0) is 0 Å². The van der Waals surface area contributed by atoms with Crippen molar-refractivity contribution in [1.29, 1.82) is 0 Å². The average Bonchev–Trinajstić information content (AvgIpc) is 2.64. The molecule has 3 heteroatoms. The summed E-state index contributed by atoms with van der Waals surface area (Å²) in [5, 5.41) is 3.73. The van der Waals surface area contributed by atoms with Gasteiger partial charge >= 0.3 is 0 Å². The summed E-state index contributed by atoms with van der Waals surface area (Å²) in [6.45, 7) is 7.61. The Morgan fingerprint density at radius 3 is 2.29 bits per heavy atom. The fourth-order valence-corrected chi connectivity index (χ4v) is 2.21. The monoisotopic (exact) mass is 229 g/mol. The molecule has 0 aliphatic carbocycles. The molecule has 0 bridgehead atoms. The molecule has 0 unspecified atom stereocenters. The van der Waals surface area contributed by atoms with E-state index in [1.807, 2.05) is 13.8 Å². The molecule has 0 radical (unpaired) electrons. The van der Waals surface area contributed by atoms with E-state index >= 15 is 0 Å². The van der Waals surface area contributed by atoms with E-state index in [1.165, 1.54) is 18.7 Å². The fraction of sp³-hybridized carbons (Fsp3) is 0.286. The van der Waals surface area contributed by atoms with Crippen LogP contribution in [0.2, 0.25) is 0 Å². The summed E-state index contributed by atoms with van der Waals surface area (Å²) in [6.07, 6.45) is 1.48. The van der Waals surface area contributed by atoms with Crippen molar-refractivity contribution >= 4 is 5.78 Å². The van der Waals surface area contributed by atoms with Crippen molar-refractivity contribution in [3.8, 4) is 11.3 Å². The van der Waals surface area contributed by atoms with E-state index in [4.69, 9.17) is 4.52 Å². The van der Waals surface area contributed by atoms with Gasteiger partial charge in [-0.3, -0.25) is 4.79 Å². The number of carbonyl (C=O) groups is 1. The topological polar surface area (TPSA) is 43.1 Å². The zero-order valence-corrected chi connectivity index (χ0v) is 10.5. The normalized spacial score (nSPS) is 10.6. The van der Waals surface area contributed by atoms with E-state index in [0.717, 1.165) is 16.7 Å². The summed E-state index contributed by atoms with van der Waals surface area (Å²) >= 11 is 0. The molecule has 17 heavy (non-hydrogen) atoms. The molecule has 2 rings (SSSR count). The third-order valence-electron chi connectivity index (χ3n) is 2.85. The van der Waals surface area contributed by atoms with Gasteiger partial charge in [-0.05, 0) is 38.8 Å². The van der Waals surface area contributed by atoms with Gasteiger partial charge in [0.1, 0.15) is 0 Å². The van der Waals surface area contributed by atoms with Crippen molar-refractivity contribution in [3.63, 3.8) is 0 Å². The van der Waals surface area contributed by atoms with Crippen LogP contribution in [0.25, 0.3) is 11.3 Å². The first-order chi connectivity index (χ1) is 8.00. The largest absolute Gasteiger partial charge is 0.355 e. The molecule has 0 saturated carbocycles. The molecule has 2 aromatic rings. The minimum Gasteiger partial charge on any atom is -0.355 e. The Morgan fingerprint density at radius 1 is 1.18 bits per heavy atom. The molecule has 1 heterocycles. The van der Waals surface area contributed by atoms with Gasteiger partial charge in [-0.25, -0.2) is 0 Å². The van der Waals surface area contributed by atoms with Crippen LogP contribution in [0.5, 0.6) is 0 Å². The minimum absolute atomic E-state index is 0.0272. The molecular weight excluding hydrogens is 214 g/mol. The third-order valence-corrected chi connectivity index (χ3v) is 2.85. The summed E-state index contributed by atoms with van der Waals surface area (Å²) in [5.74, 6) is 0.549. The smallest absolute Gasteiger partial charge is 0.178 e. The second-order valence-electron chi connectivity index (χ2n) is 4.40. The number of benzene rings is 1. The van der Waals surface area contributed by atoms with Gasteiger partial charge in [0.25, 0.3) is 0 Å². The second-order valence-corrected chi connectivity index (χ2v) is 4.40. The lowest BCUT2D eigenvalue weighted by atomic mass is 9.95. The number of aromatic nitrogens is 1. The van der Waals surface area contributed by atoms with E-state index < -0.39 is 0 Å². The lowest BCUT2D eigenvalue weighted by molar-refractivity contribution is 0.101. The standard InChI is InChI=1S/C14H15NO2/c1-8-5-9(2)13(10(3)6-8)14-12(11(4)16)7-15-17-14/h5-7H,1-4H3. The van der Waals surface area contributed by atoms with Gasteiger partial charge in [0.05, 0.1) is 11.8 Å². The number of Topliss-reactive ketones (excluding diaryl/α,β-unsaturated/α-hetero) is 1. The van der Waals surface area contributed by atoms with Crippen LogP contribution in [0, 0.1) is 20.8 Å². The lowest BCUT2D eigenvalue weighted by Crippen LogP contribution is -1.95. The van der Waals surface area contributed by atoms with Crippen LogP contribution < -0.4 is 0 Å². The quantitative estimate of drug-likeness (QED) is 0.740. The van der Waals surface area contributed by atoms with E-state index in [9.17, 15) is 4.79 Å². The van der Waals surface area contributed by atoms with Crippen molar-refractivity contribution in [3.05, 3.63) is 40.6 Å². The second kappa shape index (κ2) is 4.17. The Balaban J connectivity index is 2.69. The maximum Gasteiger partial charge on any atom is 0.178 e. The van der Waals surface area contributed by atoms with Crippen molar-refractivity contribution in [1.82, 2.24) is 5.16 Å². The molecule has 0 amide bonds. The summed E-state index contributed by atoms with van der Waals surface area (Å²) < 4.78 is 5.24. The molecular formula is C14H15NO2. The molecule has 0 N–H and O–H groups in total. The van der Waals surface area contributed by atoms with Crippen LogP contribution in [0.15, 0.2) is 22.9 Å². The average molecular weight is 229 g/mol. The number of aryl methyl sites for hydroxylation is 3. The highest BCUT2D eigenvalue weighted by Crippen LogP contribution is 2.31. The maximum absolute atomic E-state index is 11.5. The number of rotatable bonds is 2. The lowest BCUT2D eigenvalue weighted by Gasteiger charge is -2.09. The number of nitrogens with zero attached hydrogens (tertiary/aromatic N) is 1. The summed E-state index contributed by atoms with van der Waals surface area (Å²) in [7, 11) is 0. The Bertz CT molecular complexity index is 559. The first kappa shape index (κ1) is 11.6. The first-order valence-electron chi connectivity index (χ1n) is 5.54. The van der Waals surface area contributed by atoms with Crippen molar-refractivity contribution in [2.75, 3.05) is 0 Å². The molecule has 1 aromatic heterocycles. The molecule has 3 nitrogen and oxygen atoms in total.